The molecule has 5 rings (SSSR count). The first-order valence-corrected chi connectivity index (χ1v) is 17.4. The molecule has 3 aliphatic rings. The Morgan fingerprint density at radius 1 is 1.04 bits per heavy atom. The zero-order valence-electron chi connectivity index (χ0n) is 27.3. The van der Waals surface area contributed by atoms with Crippen LogP contribution in [0, 0.1) is 23.1 Å². The minimum atomic E-state index is -1.67. The Morgan fingerprint density at radius 3 is 2.40 bits per heavy atom. The lowest BCUT2D eigenvalue weighted by atomic mass is 9.56. The van der Waals surface area contributed by atoms with Gasteiger partial charge in [0.25, 0.3) is 0 Å². The van der Waals surface area contributed by atoms with E-state index in [-0.39, 0.29) is 24.8 Å². The van der Waals surface area contributed by atoms with Gasteiger partial charge < -0.3 is 45.4 Å². The van der Waals surface area contributed by atoms with Crippen LogP contribution in [0.2, 0.25) is 5.02 Å². The van der Waals surface area contributed by atoms with Crippen LogP contribution < -0.4 is 15.0 Å². The first kappa shape index (κ1) is 36.6. The van der Waals surface area contributed by atoms with Gasteiger partial charge in [-0.15, -0.1) is 0 Å². The molecule has 2 aliphatic heterocycles. The van der Waals surface area contributed by atoms with Crippen molar-refractivity contribution in [2.24, 2.45) is 17.3 Å². The van der Waals surface area contributed by atoms with Gasteiger partial charge in [0.2, 0.25) is 11.9 Å². The van der Waals surface area contributed by atoms with Gasteiger partial charge in [-0.2, -0.15) is 0 Å². The van der Waals surface area contributed by atoms with E-state index in [1.54, 1.807) is 29.4 Å². The average molecular weight is 694 g/mol. The van der Waals surface area contributed by atoms with E-state index < -0.39 is 36.8 Å². The summed E-state index contributed by atoms with van der Waals surface area (Å²) >= 11 is 5.91. The van der Waals surface area contributed by atoms with E-state index in [1.165, 1.54) is 38.2 Å². The number of carbonyl (C=O) groups is 1. The molecule has 14 heteroatoms. The summed E-state index contributed by atoms with van der Waals surface area (Å²) in [6.07, 6.45) is 5.15. The fourth-order valence-electron chi connectivity index (χ4n) is 7.21. The van der Waals surface area contributed by atoms with Gasteiger partial charge in [-0.1, -0.05) is 24.1 Å². The van der Waals surface area contributed by atoms with E-state index in [0.717, 1.165) is 37.8 Å². The fourth-order valence-corrected chi connectivity index (χ4v) is 7.31. The van der Waals surface area contributed by atoms with Gasteiger partial charge in [0.15, 0.2) is 0 Å². The molecule has 1 saturated carbocycles. The van der Waals surface area contributed by atoms with Crippen molar-refractivity contribution >= 4 is 23.5 Å². The summed E-state index contributed by atoms with van der Waals surface area (Å²) in [4.78, 5) is 25.3. The van der Waals surface area contributed by atoms with E-state index >= 15 is 0 Å². The van der Waals surface area contributed by atoms with E-state index in [0.29, 0.717) is 48.0 Å². The van der Waals surface area contributed by atoms with E-state index in [1.807, 2.05) is 0 Å². The summed E-state index contributed by atoms with van der Waals surface area (Å²) in [5.41, 5.74) is 0.787. The molecule has 3 fully saturated rings. The summed E-state index contributed by atoms with van der Waals surface area (Å²) in [7, 11) is 0. The topological polar surface area (TPSA) is 172 Å². The number of aliphatic hydroxyl groups excluding tert-OH is 5. The highest BCUT2D eigenvalue weighted by Gasteiger charge is 2.45. The lowest BCUT2D eigenvalue weighted by Crippen LogP contribution is -2.55. The Morgan fingerprint density at radius 2 is 1.73 bits per heavy atom. The number of rotatable bonds is 17. The van der Waals surface area contributed by atoms with Gasteiger partial charge in [0.1, 0.15) is 29.9 Å². The van der Waals surface area contributed by atoms with Crippen LogP contribution in [0.25, 0.3) is 0 Å². The van der Waals surface area contributed by atoms with E-state index in [2.05, 4.69) is 20.2 Å². The first-order chi connectivity index (χ1) is 23.1. The summed E-state index contributed by atoms with van der Waals surface area (Å²) in [6, 6.07) is 4.66. The monoisotopic (exact) mass is 693 g/mol. The van der Waals surface area contributed by atoms with E-state index in [4.69, 9.17) is 21.4 Å². The van der Waals surface area contributed by atoms with Crippen molar-refractivity contribution in [1.82, 2.24) is 20.2 Å². The van der Waals surface area contributed by atoms with E-state index in [9.17, 15) is 29.6 Å². The number of ether oxygens (including phenoxy) is 1. The lowest BCUT2D eigenvalue weighted by Gasteiger charge is -2.52. The third-order valence-corrected chi connectivity index (χ3v) is 10.4. The number of unbranched alkanes of at least 4 members (excludes halogenated alkanes) is 1. The SMILES string of the molecule is O=C(Cc1ccc(OCCCCC2CC3(CCN(c4ncc(Cl)cn4)CC3)C2)cc1F)N1CC(CNCC(O)C(O)C(O)C(O)CO)C1. The Hall–Kier alpha value is -2.65. The van der Waals surface area contributed by atoms with Gasteiger partial charge in [-0.25, -0.2) is 14.4 Å². The highest BCUT2D eigenvalue weighted by atomic mass is 35.5. The van der Waals surface area contributed by atoms with Crippen molar-refractivity contribution in [3.05, 3.63) is 47.0 Å². The number of aromatic nitrogens is 2. The smallest absolute Gasteiger partial charge is 0.227 e. The molecule has 2 saturated heterocycles. The van der Waals surface area contributed by atoms with Gasteiger partial charge >= 0.3 is 0 Å². The molecule has 1 aromatic heterocycles. The molecule has 6 N–H and O–H groups in total. The van der Waals surface area contributed by atoms with Crippen LogP contribution in [0.15, 0.2) is 30.6 Å². The maximum absolute atomic E-state index is 14.8. The number of carbonyl (C=O) groups excluding carboxylic acids is 1. The zero-order chi connectivity index (χ0) is 34.3. The van der Waals surface area contributed by atoms with Crippen molar-refractivity contribution < 1.29 is 39.5 Å². The number of likely N-dealkylation sites (tertiary alicyclic amines) is 1. The number of halogens is 2. The van der Waals surface area contributed by atoms with Crippen LogP contribution in [0.1, 0.15) is 50.5 Å². The molecule has 1 aliphatic carbocycles. The van der Waals surface area contributed by atoms with Crippen molar-refractivity contribution in [3.63, 3.8) is 0 Å². The normalized spacial score (nSPS) is 20.6. The zero-order valence-corrected chi connectivity index (χ0v) is 28.0. The van der Waals surface area contributed by atoms with Gasteiger partial charge in [0, 0.05) is 51.3 Å². The number of nitrogens with zero attached hydrogens (tertiary/aromatic N) is 4. The van der Waals surface area contributed by atoms with Crippen LogP contribution in [0.5, 0.6) is 5.75 Å². The molecule has 1 spiro atoms. The van der Waals surface area contributed by atoms with Crippen LogP contribution in [0.4, 0.5) is 10.3 Å². The second-order valence-electron chi connectivity index (χ2n) is 13.9. The fraction of sp³-hybridized carbons (Fsp3) is 0.676. The molecule has 1 amide bonds. The maximum atomic E-state index is 14.8. The average Bonchev–Trinajstić information content (AvgIpc) is 3.05. The number of hydrogen-bond acceptors (Lipinski definition) is 11. The van der Waals surface area contributed by atoms with Crippen molar-refractivity contribution in [1.29, 1.82) is 0 Å². The maximum Gasteiger partial charge on any atom is 0.227 e. The molecule has 0 bridgehead atoms. The summed E-state index contributed by atoms with van der Waals surface area (Å²) in [5.74, 6) is 1.48. The molecule has 3 heterocycles. The second-order valence-corrected chi connectivity index (χ2v) is 14.3. The number of aliphatic hydroxyl groups is 5. The number of anilines is 1. The largest absolute Gasteiger partial charge is 0.493 e. The molecule has 12 nitrogen and oxygen atoms in total. The van der Waals surface area contributed by atoms with Gasteiger partial charge in [0.05, 0.1) is 43.2 Å². The third-order valence-electron chi connectivity index (χ3n) is 10.2. The second kappa shape index (κ2) is 16.8. The standard InChI is InChI=1S/C34H49ClFN5O7/c35-25-16-38-33(39-17-25)40-8-6-34(7-9-40)13-22(14-34)3-1-2-10-48-26-5-4-24(27(36)12-26)11-30(45)41-19-23(20-41)15-37-18-28(43)31(46)32(47)29(44)21-42/h4-5,12,16-17,22-23,28-29,31-32,37,42-44,46-47H,1-3,6-11,13-15,18-21H2. The van der Waals surface area contributed by atoms with Crippen molar-refractivity contribution in [2.75, 3.05) is 57.4 Å². The number of amides is 1. The molecular weight excluding hydrogens is 645 g/mol. The molecule has 2 aromatic rings. The third kappa shape index (κ3) is 9.52. The van der Waals surface area contributed by atoms with Crippen LogP contribution in [-0.2, 0) is 11.2 Å². The molecule has 4 unspecified atom stereocenters. The Kier molecular flexibility index (Phi) is 12.8. The van der Waals surface area contributed by atoms with Gasteiger partial charge in [-0.3, -0.25) is 4.79 Å². The molecule has 48 heavy (non-hydrogen) atoms. The molecule has 1 aromatic carbocycles. The summed E-state index contributed by atoms with van der Waals surface area (Å²) in [5, 5.41) is 51.3. The first-order valence-electron chi connectivity index (χ1n) is 17.0. The minimum Gasteiger partial charge on any atom is -0.493 e. The highest BCUT2D eigenvalue weighted by molar-refractivity contribution is 6.30. The predicted octanol–water partition coefficient (Wildman–Crippen LogP) is 1.54. The summed E-state index contributed by atoms with van der Waals surface area (Å²) < 4.78 is 20.6. The van der Waals surface area contributed by atoms with Crippen LogP contribution >= 0.6 is 11.6 Å². The van der Waals surface area contributed by atoms with Crippen LogP contribution in [-0.4, -0.2) is 123 Å². The van der Waals surface area contributed by atoms with Crippen molar-refractivity contribution in [2.45, 2.75) is 75.8 Å². The summed E-state index contributed by atoms with van der Waals surface area (Å²) in [6.45, 7) is 3.15. The lowest BCUT2D eigenvalue weighted by molar-refractivity contribution is -0.136. The number of piperidine rings is 1. The Bertz CT molecular complexity index is 1320. The van der Waals surface area contributed by atoms with Gasteiger partial charge in [-0.05, 0) is 61.5 Å². The highest BCUT2D eigenvalue weighted by Crippen LogP contribution is 2.54. The Balaban J connectivity index is 0.907. The van der Waals surface area contributed by atoms with Crippen LogP contribution in [0.3, 0.4) is 0 Å². The molecule has 266 valence electrons. The predicted molar refractivity (Wildman–Crippen MR) is 177 cm³/mol. The molecular formula is C34H49ClFN5O7. The number of benzene rings is 1. The molecule has 0 radical (unpaired) electrons. The number of nitrogens with one attached hydrogen (secondary N) is 1. The molecule has 4 atom stereocenters. The van der Waals surface area contributed by atoms with Crippen molar-refractivity contribution in [3.8, 4) is 5.75 Å². The number of hydrogen-bond donors (Lipinski definition) is 6. The minimum absolute atomic E-state index is 0.0373. The quantitative estimate of drug-likeness (QED) is 0.133. The Labute approximate surface area is 285 Å².